The van der Waals surface area contributed by atoms with Crippen molar-refractivity contribution in [2.75, 3.05) is 24.3 Å². The van der Waals surface area contributed by atoms with Crippen molar-refractivity contribution in [3.8, 4) is 0 Å². The fraction of sp³-hybridized carbons (Fsp3) is 0.333. The van der Waals surface area contributed by atoms with E-state index in [-0.39, 0.29) is 18.2 Å². The van der Waals surface area contributed by atoms with Crippen LogP contribution >= 0.6 is 0 Å². The van der Waals surface area contributed by atoms with Crippen molar-refractivity contribution in [3.63, 3.8) is 0 Å². The van der Waals surface area contributed by atoms with E-state index in [1.165, 1.54) is 0 Å². The summed E-state index contributed by atoms with van der Waals surface area (Å²) < 4.78 is 0. The molecule has 1 aromatic carbocycles. The molecule has 18 heavy (non-hydrogen) atoms. The summed E-state index contributed by atoms with van der Waals surface area (Å²) in [5.74, 6) is -0.385. The Morgan fingerprint density at radius 2 is 2.00 bits per heavy atom. The Labute approximate surface area is 105 Å². The first kappa shape index (κ1) is 12.4. The highest BCUT2D eigenvalue weighted by Gasteiger charge is 2.27. The molecule has 1 saturated heterocycles. The van der Waals surface area contributed by atoms with Crippen LogP contribution in [0.5, 0.6) is 0 Å². The number of hydrazine groups is 1. The van der Waals surface area contributed by atoms with Gasteiger partial charge < -0.3 is 10.2 Å². The first-order valence-corrected chi connectivity index (χ1v) is 5.69. The lowest BCUT2D eigenvalue weighted by Crippen LogP contribution is -2.39. The van der Waals surface area contributed by atoms with Gasteiger partial charge in [-0.2, -0.15) is 0 Å². The SMILES string of the molecule is CN(C)c1ccc(NC(=O)C2CC(=O)NN2)cc1. The fourth-order valence-electron chi connectivity index (χ4n) is 1.69. The summed E-state index contributed by atoms with van der Waals surface area (Å²) in [6.07, 6.45) is 0.168. The largest absolute Gasteiger partial charge is 0.378 e. The van der Waals surface area contributed by atoms with Gasteiger partial charge >= 0.3 is 0 Å². The molecule has 1 heterocycles. The standard InChI is InChI=1S/C12H16N4O2/c1-16(2)9-5-3-8(4-6-9)13-12(18)10-7-11(17)15-14-10/h3-6,10,14H,7H2,1-2H3,(H,13,18)(H,15,17). The Morgan fingerprint density at radius 3 is 2.50 bits per heavy atom. The molecule has 3 N–H and O–H groups in total. The van der Waals surface area contributed by atoms with Crippen LogP contribution in [0.4, 0.5) is 11.4 Å². The van der Waals surface area contributed by atoms with Gasteiger partial charge in [0.25, 0.3) is 0 Å². The highest BCUT2D eigenvalue weighted by molar-refractivity contribution is 5.99. The second-order valence-corrected chi connectivity index (χ2v) is 4.38. The monoisotopic (exact) mass is 248 g/mol. The minimum atomic E-state index is -0.508. The molecule has 0 spiro atoms. The normalized spacial score (nSPS) is 18.3. The van der Waals surface area contributed by atoms with E-state index in [0.29, 0.717) is 5.69 Å². The van der Waals surface area contributed by atoms with Crippen molar-refractivity contribution < 1.29 is 9.59 Å². The molecule has 6 nitrogen and oxygen atoms in total. The average Bonchev–Trinajstić information content (AvgIpc) is 2.76. The number of anilines is 2. The summed E-state index contributed by atoms with van der Waals surface area (Å²) in [4.78, 5) is 24.8. The lowest BCUT2D eigenvalue weighted by atomic mass is 10.2. The van der Waals surface area contributed by atoms with E-state index >= 15 is 0 Å². The topological polar surface area (TPSA) is 73.5 Å². The molecule has 0 aliphatic carbocycles. The second-order valence-electron chi connectivity index (χ2n) is 4.38. The number of nitrogens with one attached hydrogen (secondary N) is 3. The maximum absolute atomic E-state index is 11.8. The van der Waals surface area contributed by atoms with Gasteiger partial charge in [-0.25, -0.2) is 5.43 Å². The third kappa shape index (κ3) is 2.78. The molecule has 2 rings (SSSR count). The number of carbonyl (C=O) groups excluding carboxylic acids is 2. The lowest BCUT2D eigenvalue weighted by Gasteiger charge is -2.14. The van der Waals surface area contributed by atoms with Crippen LogP contribution in [0.2, 0.25) is 0 Å². The van der Waals surface area contributed by atoms with Gasteiger partial charge in [0, 0.05) is 25.5 Å². The number of carbonyl (C=O) groups is 2. The van der Waals surface area contributed by atoms with Gasteiger partial charge in [0.05, 0.1) is 6.42 Å². The number of nitrogens with zero attached hydrogens (tertiary/aromatic N) is 1. The molecule has 6 heteroatoms. The third-order valence-electron chi connectivity index (χ3n) is 2.74. The van der Waals surface area contributed by atoms with E-state index < -0.39 is 6.04 Å². The van der Waals surface area contributed by atoms with Crippen LogP contribution in [0.3, 0.4) is 0 Å². The molecule has 2 amide bonds. The number of hydrogen-bond donors (Lipinski definition) is 3. The first-order valence-electron chi connectivity index (χ1n) is 5.69. The van der Waals surface area contributed by atoms with Gasteiger partial charge in [-0.1, -0.05) is 0 Å². The molecular formula is C12H16N4O2. The Balaban J connectivity index is 1.97. The number of benzene rings is 1. The minimum absolute atomic E-state index is 0.168. The third-order valence-corrected chi connectivity index (χ3v) is 2.74. The fourth-order valence-corrected chi connectivity index (χ4v) is 1.69. The number of amides is 2. The van der Waals surface area contributed by atoms with Gasteiger partial charge in [-0.05, 0) is 24.3 Å². The zero-order valence-electron chi connectivity index (χ0n) is 10.4. The average molecular weight is 248 g/mol. The van der Waals surface area contributed by atoms with Gasteiger partial charge in [0.15, 0.2) is 0 Å². The Hall–Kier alpha value is -2.08. The predicted octanol–water partition coefficient (Wildman–Crippen LogP) is 0.0842. The smallest absolute Gasteiger partial charge is 0.243 e. The Bertz CT molecular complexity index is 456. The summed E-state index contributed by atoms with van der Waals surface area (Å²) in [5, 5.41) is 2.76. The van der Waals surface area contributed by atoms with E-state index in [4.69, 9.17) is 0 Å². The van der Waals surface area contributed by atoms with Gasteiger partial charge in [-0.15, -0.1) is 0 Å². The van der Waals surface area contributed by atoms with Gasteiger partial charge in [0.1, 0.15) is 6.04 Å². The van der Waals surface area contributed by atoms with Crippen LogP contribution in [0.1, 0.15) is 6.42 Å². The molecule has 0 radical (unpaired) electrons. The molecule has 1 aromatic rings. The van der Waals surface area contributed by atoms with Crippen LogP contribution in [0.25, 0.3) is 0 Å². The molecule has 0 bridgehead atoms. The molecule has 0 saturated carbocycles. The van der Waals surface area contributed by atoms with Crippen LogP contribution in [-0.2, 0) is 9.59 Å². The first-order chi connectivity index (χ1) is 8.56. The van der Waals surface area contributed by atoms with Crippen molar-refractivity contribution in [1.29, 1.82) is 0 Å². The summed E-state index contributed by atoms with van der Waals surface area (Å²) >= 11 is 0. The summed E-state index contributed by atoms with van der Waals surface area (Å²) in [6.45, 7) is 0. The summed E-state index contributed by atoms with van der Waals surface area (Å²) in [6, 6.07) is 6.99. The van der Waals surface area contributed by atoms with Crippen LogP contribution < -0.4 is 21.1 Å². The van der Waals surface area contributed by atoms with Crippen molar-refractivity contribution in [2.24, 2.45) is 0 Å². The van der Waals surface area contributed by atoms with Gasteiger partial charge in [0.2, 0.25) is 11.8 Å². The minimum Gasteiger partial charge on any atom is -0.378 e. The van der Waals surface area contributed by atoms with Crippen LogP contribution in [-0.4, -0.2) is 32.0 Å². The van der Waals surface area contributed by atoms with Crippen molar-refractivity contribution in [3.05, 3.63) is 24.3 Å². The maximum atomic E-state index is 11.8. The molecule has 1 aliphatic rings. The second kappa shape index (κ2) is 5.05. The summed E-state index contributed by atoms with van der Waals surface area (Å²) in [7, 11) is 3.90. The zero-order valence-corrected chi connectivity index (χ0v) is 10.4. The zero-order chi connectivity index (χ0) is 13.1. The molecule has 1 atom stereocenters. The van der Waals surface area contributed by atoms with E-state index in [2.05, 4.69) is 16.2 Å². The number of hydrogen-bond acceptors (Lipinski definition) is 4. The molecule has 1 unspecified atom stereocenters. The van der Waals surface area contributed by atoms with Gasteiger partial charge in [-0.3, -0.25) is 15.0 Å². The van der Waals surface area contributed by atoms with Crippen molar-refractivity contribution >= 4 is 23.2 Å². The van der Waals surface area contributed by atoms with Crippen molar-refractivity contribution in [2.45, 2.75) is 12.5 Å². The van der Waals surface area contributed by atoms with Crippen molar-refractivity contribution in [1.82, 2.24) is 10.9 Å². The van der Waals surface area contributed by atoms with E-state index in [0.717, 1.165) is 5.69 Å². The Morgan fingerprint density at radius 1 is 1.33 bits per heavy atom. The molecule has 1 fully saturated rings. The molecular weight excluding hydrogens is 232 g/mol. The maximum Gasteiger partial charge on any atom is 0.243 e. The van der Waals surface area contributed by atoms with Crippen LogP contribution in [0.15, 0.2) is 24.3 Å². The lowest BCUT2D eigenvalue weighted by molar-refractivity contribution is -0.121. The van der Waals surface area contributed by atoms with E-state index in [1.54, 1.807) is 0 Å². The number of rotatable bonds is 3. The highest BCUT2D eigenvalue weighted by atomic mass is 16.2. The predicted molar refractivity (Wildman–Crippen MR) is 69.1 cm³/mol. The Kier molecular flexibility index (Phi) is 3.47. The highest BCUT2D eigenvalue weighted by Crippen LogP contribution is 2.16. The van der Waals surface area contributed by atoms with E-state index in [9.17, 15) is 9.59 Å². The molecule has 96 valence electrons. The van der Waals surface area contributed by atoms with Crippen LogP contribution in [0, 0.1) is 0 Å². The molecule has 0 aromatic heterocycles. The molecule has 1 aliphatic heterocycles. The van der Waals surface area contributed by atoms with E-state index in [1.807, 2.05) is 43.3 Å². The quantitative estimate of drug-likeness (QED) is 0.708. The summed E-state index contributed by atoms with van der Waals surface area (Å²) in [5.41, 5.74) is 6.81.